The van der Waals surface area contributed by atoms with Gasteiger partial charge in [-0.3, -0.25) is 0 Å². The molecule has 0 aliphatic carbocycles. The van der Waals surface area contributed by atoms with Gasteiger partial charge < -0.3 is 22.4 Å². The molecule has 0 N–H and O–H groups in total. The first-order chi connectivity index (χ1) is 8.80. The van der Waals surface area contributed by atoms with Gasteiger partial charge >= 0.3 is 58.4 Å². The zero-order valence-electron chi connectivity index (χ0n) is 12.5. The van der Waals surface area contributed by atoms with E-state index in [4.69, 9.17) is 9.47 Å². The van der Waals surface area contributed by atoms with Crippen molar-refractivity contribution in [1.82, 2.24) is 0 Å². The van der Waals surface area contributed by atoms with Gasteiger partial charge in [-0.25, -0.2) is 0 Å². The third kappa shape index (κ3) is 7.47. The molecule has 0 spiro atoms. The van der Waals surface area contributed by atoms with Gasteiger partial charge in [0.15, 0.2) is 0 Å². The van der Waals surface area contributed by atoms with E-state index in [9.17, 15) is 12.9 Å². The van der Waals surface area contributed by atoms with Crippen molar-refractivity contribution in [2.75, 3.05) is 19.8 Å². The first-order valence-electron chi connectivity index (χ1n) is 6.31. The molecule has 0 atom stereocenters. The van der Waals surface area contributed by atoms with E-state index in [1.807, 2.05) is 13.8 Å². The molecule has 0 unspecified atom stereocenters. The SMILES string of the molecule is Cc1cc([B-](F)(F)F)ccc1OCCOCC(C)C.[K+]. The molecule has 0 aromatic heterocycles. The van der Waals surface area contributed by atoms with Crippen molar-refractivity contribution in [1.29, 1.82) is 0 Å². The van der Waals surface area contributed by atoms with Crippen molar-refractivity contribution in [3.63, 3.8) is 0 Å². The number of ether oxygens (including phenoxy) is 2. The van der Waals surface area contributed by atoms with Crippen LogP contribution >= 0.6 is 0 Å². The second-order valence-corrected chi connectivity index (χ2v) is 4.92. The van der Waals surface area contributed by atoms with Crippen LogP contribution in [0.25, 0.3) is 0 Å². The Kier molecular flexibility index (Phi) is 9.70. The van der Waals surface area contributed by atoms with Crippen LogP contribution in [0.1, 0.15) is 19.4 Å². The monoisotopic (exact) mass is 314 g/mol. The van der Waals surface area contributed by atoms with Gasteiger partial charge in [0.05, 0.1) is 6.61 Å². The Hall–Kier alpha value is 0.471. The average molecular weight is 314 g/mol. The first kappa shape index (κ1) is 20.5. The maximum absolute atomic E-state index is 12.5. The molecule has 0 aliphatic heterocycles. The quantitative estimate of drug-likeness (QED) is 0.525. The number of hydrogen-bond donors (Lipinski definition) is 0. The van der Waals surface area contributed by atoms with Crippen LogP contribution in [0.5, 0.6) is 5.75 Å². The molecule has 0 saturated heterocycles. The average Bonchev–Trinajstić information content (AvgIpc) is 2.28. The van der Waals surface area contributed by atoms with Crippen LogP contribution < -0.4 is 61.6 Å². The Balaban J connectivity index is 0.00000361. The van der Waals surface area contributed by atoms with Crippen LogP contribution in [0.15, 0.2) is 18.2 Å². The number of benzene rings is 1. The van der Waals surface area contributed by atoms with Gasteiger partial charge in [-0.15, -0.1) is 5.46 Å². The molecule has 1 aromatic carbocycles. The zero-order valence-corrected chi connectivity index (χ0v) is 15.6. The maximum atomic E-state index is 12.5. The van der Waals surface area contributed by atoms with Crippen LogP contribution in [-0.2, 0) is 4.74 Å². The van der Waals surface area contributed by atoms with E-state index in [0.717, 1.165) is 12.1 Å². The van der Waals surface area contributed by atoms with Crippen LogP contribution in [0.4, 0.5) is 12.9 Å². The predicted molar refractivity (Wildman–Crippen MR) is 71.0 cm³/mol. The summed E-state index contributed by atoms with van der Waals surface area (Å²) in [4.78, 5) is 0. The van der Waals surface area contributed by atoms with E-state index in [1.165, 1.54) is 6.07 Å². The number of aryl methyl sites for hydroxylation is 1. The number of rotatable bonds is 7. The minimum absolute atomic E-state index is 0. The molecular formula is C13H19BF3KO2. The normalized spacial score (nSPS) is 11.3. The van der Waals surface area contributed by atoms with Crippen molar-refractivity contribution in [3.8, 4) is 5.75 Å². The van der Waals surface area contributed by atoms with Gasteiger partial charge in [0.1, 0.15) is 12.4 Å². The predicted octanol–water partition coefficient (Wildman–Crippen LogP) is 0.105. The fourth-order valence-electron chi connectivity index (χ4n) is 1.57. The smallest absolute Gasteiger partial charge is 0.491 e. The van der Waals surface area contributed by atoms with Crippen LogP contribution in [0.2, 0.25) is 0 Å². The van der Waals surface area contributed by atoms with Gasteiger partial charge in [0.25, 0.3) is 0 Å². The zero-order chi connectivity index (χ0) is 14.5. The molecule has 0 aliphatic rings. The van der Waals surface area contributed by atoms with E-state index in [1.54, 1.807) is 6.92 Å². The summed E-state index contributed by atoms with van der Waals surface area (Å²) >= 11 is 0. The van der Waals surface area contributed by atoms with Gasteiger partial charge in [0.2, 0.25) is 0 Å². The Morgan fingerprint density at radius 3 is 2.30 bits per heavy atom. The molecule has 1 rings (SSSR count). The summed E-state index contributed by atoms with van der Waals surface area (Å²) in [5.74, 6) is 0.923. The maximum Gasteiger partial charge on any atom is 1.00 e. The van der Waals surface area contributed by atoms with Gasteiger partial charge in [-0.1, -0.05) is 26.0 Å². The minimum atomic E-state index is -4.95. The van der Waals surface area contributed by atoms with Crippen molar-refractivity contribution in [2.45, 2.75) is 20.8 Å². The van der Waals surface area contributed by atoms with Crippen molar-refractivity contribution < 1.29 is 73.8 Å². The molecule has 0 amide bonds. The molecule has 0 radical (unpaired) electrons. The third-order valence-electron chi connectivity index (χ3n) is 2.51. The first-order valence-corrected chi connectivity index (χ1v) is 6.31. The summed E-state index contributed by atoms with van der Waals surface area (Å²) < 4.78 is 48.3. The molecule has 7 heteroatoms. The van der Waals surface area contributed by atoms with Gasteiger partial charge in [0, 0.05) is 6.61 Å². The summed E-state index contributed by atoms with van der Waals surface area (Å²) in [6.07, 6.45) is 0. The fraction of sp³-hybridized carbons (Fsp3) is 0.538. The molecule has 0 saturated carbocycles. The molecule has 108 valence electrons. The summed E-state index contributed by atoms with van der Waals surface area (Å²) in [5, 5.41) is 0. The molecule has 0 heterocycles. The van der Waals surface area contributed by atoms with Crippen LogP contribution in [0.3, 0.4) is 0 Å². The Morgan fingerprint density at radius 1 is 1.15 bits per heavy atom. The van der Waals surface area contributed by atoms with Gasteiger partial charge in [-0.05, 0) is 24.5 Å². The molecule has 0 bridgehead atoms. The third-order valence-corrected chi connectivity index (χ3v) is 2.51. The Morgan fingerprint density at radius 2 is 1.80 bits per heavy atom. The van der Waals surface area contributed by atoms with Gasteiger partial charge in [-0.2, -0.15) is 0 Å². The molecule has 20 heavy (non-hydrogen) atoms. The van der Waals surface area contributed by atoms with E-state index < -0.39 is 12.4 Å². The minimum Gasteiger partial charge on any atom is -0.491 e. The van der Waals surface area contributed by atoms with Crippen molar-refractivity contribution in [3.05, 3.63) is 23.8 Å². The Labute approximate surface area is 160 Å². The second-order valence-electron chi connectivity index (χ2n) is 4.92. The second kappa shape index (κ2) is 9.48. The Bertz CT molecular complexity index is 411. The molecule has 1 aromatic rings. The molecule has 2 nitrogen and oxygen atoms in total. The van der Waals surface area contributed by atoms with Crippen LogP contribution in [0, 0.1) is 12.8 Å². The summed E-state index contributed by atoms with van der Waals surface area (Å²) in [6, 6.07) is 3.53. The number of halogens is 3. The van der Waals surface area contributed by atoms with Crippen LogP contribution in [-0.4, -0.2) is 26.8 Å². The standard InChI is InChI=1S/C13H19BF3O2.K/c1-10(2)9-18-6-7-19-13-5-4-12(8-11(13)3)14(15,16)17;/h4-5,8,10H,6-7,9H2,1-3H3;/q-1;+1. The summed E-state index contributed by atoms with van der Waals surface area (Å²) in [7, 11) is 0. The van der Waals surface area contributed by atoms with E-state index in [2.05, 4.69) is 0 Å². The summed E-state index contributed by atoms with van der Waals surface area (Å²) in [5.41, 5.74) is -0.110. The van der Waals surface area contributed by atoms with E-state index in [0.29, 0.717) is 37.1 Å². The topological polar surface area (TPSA) is 18.5 Å². The number of hydrogen-bond acceptors (Lipinski definition) is 2. The fourth-order valence-corrected chi connectivity index (χ4v) is 1.57. The largest absolute Gasteiger partial charge is 1.00 e. The van der Waals surface area contributed by atoms with Crippen molar-refractivity contribution in [2.24, 2.45) is 5.92 Å². The molecule has 0 fully saturated rings. The summed E-state index contributed by atoms with van der Waals surface area (Å²) in [6.45, 7) is 2.17. The van der Waals surface area contributed by atoms with E-state index >= 15 is 0 Å². The van der Waals surface area contributed by atoms with Crippen molar-refractivity contribution >= 4 is 12.4 Å². The molecular weight excluding hydrogens is 295 g/mol. The van der Waals surface area contributed by atoms with E-state index in [-0.39, 0.29) is 51.4 Å².